The number of rotatable bonds is 7. The van der Waals surface area contributed by atoms with Crippen molar-refractivity contribution in [1.82, 2.24) is 0 Å². The summed E-state index contributed by atoms with van der Waals surface area (Å²) in [6.45, 7) is -2.98. The standard InChI is InChI=1S/C12H16BF4O/c1-2-3-4-5-8-18-12-7-6-10(14)9-11(12)13(15,16)17/h6-7,9H,2-5,8H2,1H3/q-1. The minimum absolute atomic E-state index is 0.227. The number of halogens is 4. The van der Waals surface area contributed by atoms with Gasteiger partial charge in [-0.15, -0.1) is 0 Å². The molecule has 0 amide bonds. The van der Waals surface area contributed by atoms with Gasteiger partial charge in [0.25, 0.3) is 0 Å². The Kier molecular flexibility index (Phi) is 5.50. The smallest absolute Gasteiger partial charge is 0.497 e. The first-order valence-corrected chi connectivity index (χ1v) is 6.07. The van der Waals surface area contributed by atoms with Crippen molar-refractivity contribution >= 4 is 12.4 Å². The predicted molar refractivity (Wildman–Crippen MR) is 64.7 cm³/mol. The topological polar surface area (TPSA) is 9.23 Å². The molecule has 1 aromatic rings. The lowest BCUT2D eigenvalue weighted by molar-refractivity contribution is 0.305. The number of ether oxygens (including phenoxy) is 1. The van der Waals surface area contributed by atoms with Gasteiger partial charge < -0.3 is 17.7 Å². The van der Waals surface area contributed by atoms with Gasteiger partial charge in [-0.3, -0.25) is 0 Å². The van der Waals surface area contributed by atoms with Gasteiger partial charge in [0.15, 0.2) is 0 Å². The highest BCUT2D eigenvalue weighted by atomic mass is 19.4. The van der Waals surface area contributed by atoms with Crippen LogP contribution in [0.2, 0.25) is 0 Å². The normalized spacial score (nSPS) is 11.6. The Morgan fingerprint density at radius 3 is 2.44 bits per heavy atom. The molecule has 0 saturated carbocycles. The van der Waals surface area contributed by atoms with E-state index >= 15 is 0 Å². The lowest BCUT2D eigenvalue weighted by Gasteiger charge is -2.19. The molecule has 1 nitrogen and oxygen atoms in total. The van der Waals surface area contributed by atoms with E-state index in [0.717, 1.165) is 31.4 Å². The molecule has 0 spiro atoms. The first kappa shape index (κ1) is 14.9. The van der Waals surface area contributed by atoms with Crippen LogP contribution >= 0.6 is 0 Å². The summed E-state index contributed by atoms with van der Waals surface area (Å²) in [6, 6.07) is 2.51. The monoisotopic (exact) mass is 263 g/mol. The zero-order valence-electron chi connectivity index (χ0n) is 10.3. The van der Waals surface area contributed by atoms with E-state index in [0.29, 0.717) is 12.5 Å². The van der Waals surface area contributed by atoms with Crippen LogP contribution in [0.4, 0.5) is 17.3 Å². The van der Waals surface area contributed by atoms with Crippen LogP contribution in [0.15, 0.2) is 18.2 Å². The lowest BCUT2D eigenvalue weighted by atomic mass is 9.79. The van der Waals surface area contributed by atoms with Gasteiger partial charge in [-0.1, -0.05) is 31.6 Å². The SMILES string of the molecule is CCCCCCOc1ccc(F)cc1[B-](F)(F)F. The van der Waals surface area contributed by atoms with Gasteiger partial charge in [0.05, 0.1) is 12.4 Å². The van der Waals surface area contributed by atoms with Gasteiger partial charge in [0.1, 0.15) is 5.82 Å². The molecule has 0 fully saturated rings. The van der Waals surface area contributed by atoms with Gasteiger partial charge >= 0.3 is 6.98 Å². The molecule has 0 aliphatic rings. The van der Waals surface area contributed by atoms with E-state index in [1.54, 1.807) is 0 Å². The Bertz CT molecular complexity index is 379. The van der Waals surface area contributed by atoms with E-state index in [9.17, 15) is 17.3 Å². The molecule has 0 radical (unpaired) electrons. The maximum atomic E-state index is 12.8. The van der Waals surface area contributed by atoms with E-state index in [1.807, 2.05) is 6.92 Å². The van der Waals surface area contributed by atoms with Gasteiger partial charge in [-0.2, -0.15) is 0 Å². The van der Waals surface area contributed by atoms with E-state index < -0.39 is 18.3 Å². The van der Waals surface area contributed by atoms with Crippen LogP contribution in [0.5, 0.6) is 5.75 Å². The average molecular weight is 263 g/mol. The van der Waals surface area contributed by atoms with Gasteiger partial charge in [-0.25, -0.2) is 4.39 Å². The second-order valence-electron chi connectivity index (χ2n) is 4.17. The molecule has 18 heavy (non-hydrogen) atoms. The van der Waals surface area contributed by atoms with E-state index in [-0.39, 0.29) is 12.4 Å². The minimum Gasteiger partial charge on any atom is -0.497 e. The van der Waals surface area contributed by atoms with Crippen LogP contribution in [0.3, 0.4) is 0 Å². The highest BCUT2D eigenvalue weighted by Gasteiger charge is 2.29. The number of hydrogen-bond donors (Lipinski definition) is 0. The Labute approximate surface area is 104 Å². The number of unbranched alkanes of at least 4 members (excludes halogenated alkanes) is 3. The second kappa shape index (κ2) is 6.66. The van der Waals surface area contributed by atoms with Crippen molar-refractivity contribution in [3.8, 4) is 5.75 Å². The summed E-state index contributed by atoms with van der Waals surface area (Å²) >= 11 is 0. The highest BCUT2D eigenvalue weighted by Crippen LogP contribution is 2.19. The zero-order valence-corrected chi connectivity index (χ0v) is 10.3. The molecule has 0 aromatic heterocycles. The van der Waals surface area contributed by atoms with Crippen molar-refractivity contribution < 1.29 is 22.1 Å². The summed E-state index contributed by atoms with van der Waals surface area (Å²) in [4.78, 5) is 0. The molecular formula is C12H16BF4O-. The molecule has 0 N–H and O–H groups in total. The summed E-state index contributed by atoms with van der Waals surface area (Å²) in [5.41, 5.74) is -0.995. The van der Waals surface area contributed by atoms with Crippen molar-refractivity contribution in [3.05, 3.63) is 24.0 Å². The quantitative estimate of drug-likeness (QED) is 0.412. The minimum atomic E-state index is -5.25. The third-order valence-corrected chi connectivity index (χ3v) is 2.58. The highest BCUT2D eigenvalue weighted by molar-refractivity contribution is 6.74. The second-order valence-corrected chi connectivity index (χ2v) is 4.17. The van der Waals surface area contributed by atoms with Crippen LogP contribution < -0.4 is 10.2 Å². The molecular weight excluding hydrogens is 247 g/mol. The zero-order chi connectivity index (χ0) is 13.6. The van der Waals surface area contributed by atoms with Crippen molar-refractivity contribution in [3.63, 3.8) is 0 Å². The summed E-state index contributed by atoms with van der Waals surface area (Å²) in [5, 5.41) is 0. The maximum absolute atomic E-state index is 12.8. The van der Waals surface area contributed by atoms with E-state index in [1.165, 1.54) is 0 Å². The van der Waals surface area contributed by atoms with Crippen LogP contribution in [0.25, 0.3) is 0 Å². The molecule has 0 bridgehead atoms. The molecule has 0 aliphatic carbocycles. The first-order valence-electron chi connectivity index (χ1n) is 6.07. The van der Waals surface area contributed by atoms with Crippen LogP contribution in [-0.2, 0) is 0 Å². The molecule has 0 saturated heterocycles. The molecule has 0 unspecified atom stereocenters. The maximum Gasteiger partial charge on any atom is 0.513 e. The fourth-order valence-corrected chi connectivity index (χ4v) is 1.62. The summed E-state index contributed by atoms with van der Waals surface area (Å²) in [7, 11) is 0. The van der Waals surface area contributed by atoms with E-state index in [2.05, 4.69) is 0 Å². The predicted octanol–water partition coefficient (Wildman–Crippen LogP) is 3.84. The average Bonchev–Trinajstić information content (AvgIpc) is 2.29. The fraction of sp³-hybridized carbons (Fsp3) is 0.500. The molecule has 0 heterocycles. The Balaban J connectivity index is 2.65. The van der Waals surface area contributed by atoms with Gasteiger partial charge in [0.2, 0.25) is 0 Å². The number of hydrogen-bond acceptors (Lipinski definition) is 1. The molecule has 6 heteroatoms. The fourth-order valence-electron chi connectivity index (χ4n) is 1.62. The van der Waals surface area contributed by atoms with Crippen LogP contribution in [0, 0.1) is 5.82 Å². The van der Waals surface area contributed by atoms with Gasteiger partial charge in [0, 0.05) is 0 Å². The largest absolute Gasteiger partial charge is 0.513 e. The summed E-state index contributed by atoms with van der Waals surface area (Å²) in [6.07, 6.45) is 3.70. The van der Waals surface area contributed by atoms with Crippen molar-refractivity contribution in [2.75, 3.05) is 6.61 Å². The van der Waals surface area contributed by atoms with Crippen molar-refractivity contribution in [1.29, 1.82) is 0 Å². The van der Waals surface area contributed by atoms with Crippen molar-refractivity contribution in [2.24, 2.45) is 0 Å². The lowest BCUT2D eigenvalue weighted by Crippen LogP contribution is -2.35. The molecule has 1 rings (SSSR count). The number of benzene rings is 1. The van der Waals surface area contributed by atoms with E-state index in [4.69, 9.17) is 4.74 Å². The Morgan fingerprint density at radius 1 is 1.11 bits per heavy atom. The van der Waals surface area contributed by atoms with Crippen LogP contribution in [-0.4, -0.2) is 13.6 Å². The summed E-state index contributed by atoms with van der Waals surface area (Å²) < 4.78 is 55.9. The first-order chi connectivity index (χ1) is 8.45. The molecule has 102 valence electrons. The molecule has 0 atom stereocenters. The molecule has 0 aliphatic heterocycles. The molecule has 1 aromatic carbocycles. The Morgan fingerprint density at radius 2 is 1.83 bits per heavy atom. The van der Waals surface area contributed by atoms with Gasteiger partial charge in [-0.05, 0) is 24.6 Å². The van der Waals surface area contributed by atoms with Crippen LogP contribution in [0.1, 0.15) is 32.6 Å². The van der Waals surface area contributed by atoms with Crippen molar-refractivity contribution in [2.45, 2.75) is 32.6 Å². The third kappa shape index (κ3) is 4.59. The Hall–Kier alpha value is -1.20. The third-order valence-electron chi connectivity index (χ3n) is 2.58. The summed E-state index contributed by atoms with van der Waals surface area (Å²) in [5.74, 6) is -1.18.